The molecule has 1 aromatic rings. The maximum Gasteiger partial charge on any atom is 0.490 e. The lowest BCUT2D eigenvalue weighted by molar-refractivity contribution is -0.342. The van der Waals surface area contributed by atoms with Crippen LogP contribution in [0.3, 0.4) is 0 Å². The summed E-state index contributed by atoms with van der Waals surface area (Å²) in [7, 11) is 0. The summed E-state index contributed by atoms with van der Waals surface area (Å²) in [6.45, 7) is -2.69. The molecular formula is C31H22F18O16. The minimum atomic E-state index is -6.27. The number of hydrogen-bond acceptors (Lipinski definition) is 16. The zero-order chi connectivity index (χ0) is 49.8. The van der Waals surface area contributed by atoms with Gasteiger partial charge in [0.2, 0.25) is 0 Å². The molecule has 10 atom stereocenters. The molecule has 0 N–H and O–H groups in total. The van der Waals surface area contributed by atoms with Crippen molar-refractivity contribution in [2.45, 2.75) is 112 Å². The molecule has 2 aliphatic heterocycles. The highest BCUT2D eigenvalue weighted by atomic mass is 19.4. The van der Waals surface area contributed by atoms with E-state index in [1.54, 1.807) is 0 Å². The summed E-state index contributed by atoms with van der Waals surface area (Å²) in [5, 5.41) is 0. The van der Waals surface area contributed by atoms with Crippen molar-refractivity contribution in [1.82, 2.24) is 0 Å². The number of ether oxygens (including phenoxy) is 10. The quantitative estimate of drug-likeness (QED) is 0.161. The van der Waals surface area contributed by atoms with Gasteiger partial charge in [-0.2, -0.15) is 79.0 Å². The first-order valence-corrected chi connectivity index (χ1v) is 16.7. The van der Waals surface area contributed by atoms with Crippen LogP contribution in [0.2, 0.25) is 0 Å². The zero-order valence-electron chi connectivity index (χ0n) is 30.9. The Bertz CT molecular complexity index is 1860. The monoisotopic (exact) mass is 992 g/mol. The van der Waals surface area contributed by atoms with Crippen molar-refractivity contribution < 1.29 is 155 Å². The normalized spacial score (nSPS) is 26.9. The standard InChI is InChI=1S/C31H22F18O16/c1-9-12(60-20(50)26(32,33)34)14(62-22(52)28(38,39)40)16(64-24(54)30(44,45)46)18(58-9)57-8-11-13(61-21(51)27(35,36)37)15(63-23(53)29(41,42)43)17(65-25(55)31(47,48)49)19(59-11)56-7-10-5-3-2-4-6-10/h2-6,9,11-19H,7-8H2,1H3/t9-,11+,12-,13+,14+,15-,16+,17+,18+,19+/m0/s1. The molecule has 368 valence electrons. The second-order valence-corrected chi connectivity index (χ2v) is 12.6. The minimum Gasteiger partial charge on any atom is -0.449 e. The maximum atomic E-state index is 13.5. The van der Waals surface area contributed by atoms with Crippen LogP contribution in [0.5, 0.6) is 0 Å². The smallest absolute Gasteiger partial charge is 0.449 e. The third-order valence-corrected chi connectivity index (χ3v) is 7.85. The predicted octanol–water partition coefficient (Wildman–Crippen LogP) is 4.53. The van der Waals surface area contributed by atoms with E-state index in [4.69, 9.17) is 18.9 Å². The van der Waals surface area contributed by atoms with Gasteiger partial charge in [-0.25, -0.2) is 28.8 Å². The van der Waals surface area contributed by atoms with E-state index in [1.807, 2.05) is 0 Å². The summed E-state index contributed by atoms with van der Waals surface area (Å²) in [4.78, 5) is 71.5. The molecule has 0 unspecified atom stereocenters. The van der Waals surface area contributed by atoms with Crippen molar-refractivity contribution in [3.05, 3.63) is 35.9 Å². The van der Waals surface area contributed by atoms with Crippen molar-refractivity contribution in [2.24, 2.45) is 0 Å². The molecule has 0 radical (unpaired) electrons. The van der Waals surface area contributed by atoms with Gasteiger partial charge in [0.1, 0.15) is 6.10 Å². The Balaban J connectivity index is 2.25. The van der Waals surface area contributed by atoms with Crippen molar-refractivity contribution >= 4 is 35.8 Å². The Hall–Kier alpha value is -5.38. The van der Waals surface area contributed by atoms with Crippen molar-refractivity contribution in [2.75, 3.05) is 6.61 Å². The third-order valence-electron chi connectivity index (χ3n) is 7.85. The van der Waals surface area contributed by atoms with Crippen LogP contribution in [0.15, 0.2) is 30.3 Å². The number of halogens is 18. The number of rotatable bonds is 12. The van der Waals surface area contributed by atoms with E-state index in [0.717, 1.165) is 12.1 Å². The van der Waals surface area contributed by atoms with Gasteiger partial charge in [0.05, 0.1) is 19.3 Å². The van der Waals surface area contributed by atoms with Gasteiger partial charge in [-0.05, 0) is 12.5 Å². The highest BCUT2D eigenvalue weighted by molar-refractivity contribution is 5.79. The SMILES string of the molecule is C[C@@H]1O[C@@H](OC[C@H]2O[C@@H](OCc3ccccc3)[C@H](OC(=O)C(F)(F)F)[C@@H](OC(=O)C(F)(F)F)[C@@H]2OC(=O)C(F)(F)F)[C@H](OC(=O)C(F)(F)F)[C@H](OC(=O)C(F)(F)F)[C@H]1OC(=O)C(F)(F)F. The average Bonchev–Trinajstić information content (AvgIpc) is 3.15. The van der Waals surface area contributed by atoms with E-state index < -0.39 is 147 Å². The third kappa shape index (κ3) is 14.8. The highest BCUT2D eigenvalue weighted by Gasteiger charge is 2.61. The minimum absolute atomic E-state index is 0.0570. The first kappa shape index (κ1) is 54.0. The van der Waals surface area contributed by atoms with E-state index in [0.29, 0.717) is 6.92 Å². The van der Waals surface area contributed by atoms with Crippen LogP contribution >= 0.6 is 0 Å². The van der Waals surface area contributed by atoms with Crippen molar-refractivity contribution in [3.8, 4) is 0 Å². The lowest BCUT2D eigenvalue weighted by atomic mass is 9.97. The first-order chi connectivity index (χ1) is 29.4. The second-order valence-electron chi connectivity index (χ2n) is 12.6. The Kier molecular flexibility index (Phi) is 16.6. The number of esters is 6. The summed E-state index contributed by atoms with van der Waals surface area (Å²) in [5.74, 6) is -21.0. The fourth-order valence-corrected chi connectivity index (χ4v) is 5.16. The molecule has 0 bridgehead atoms. The fourth-order valence-electron chi connectivity index (χ4n) is 5.16. The zero-order valence-corrected chi connectivity index (χ0v) is 30.9. The molecule has 0 amide bonds. The molecule has 34 heteroatoms. The topological polar surface area (TPSA) is 195 Å². The van der Waals surface area contributed by atoms with E-state index in [2.05, 4.69) is 28.4 Å². The maximum absolute atomic E-state index is 13.5. The van der Waals surface area contributed by atoms with Crippen LogP contribution in [0, 0.1) is 0 Å². The summed E-state index contributed by atoms with van der Waals surface area (Å²) < 4.78 is 285. The molecule has 2 aliphatic rings. The number of carbonyl (C=O) groups is 6. The van der Waals surface area contributed by atoms with E-state index in [9.17, 15) is 108 Å². The van der Waals surface area contributed by atoms with Crippen LogP contribution in [-0.2, 0) is 82.7 Å². The number of hydrogen-bond donors (Lipinski definition) is 0. The molecule has 0 aliphatic carbocycles. The Morgan fingerprint density at radius 3 is 1.11 bits per heavy atom. The predicted molar refractivity (Wildman–Crippen MR) is 156 cm³/mol. The second kappa shape index (κ2) is 20.0. The van der Waals surface area contributed by atoms with Gasteiger partial charge >= 0.3 is 72.9 Å². The molecule has 1 aromatic carbocycles. The highest BCUT2D eigenvalue weighted by Crippen LogP contribution is 2.38. The Morgan fingerprint density at radius 2 is 0.738 bits per heavy atom. The molecule has 2 saturated heterocycles. The number of carbonyl (C=O) groups excluding carboxylic acids is 6. The van der Waals surface area contributed by atoms with Gasteiger partial charge in [-0.3, -0.25) is 0 Å². The average molecular weight is 992 g/mol. The number of alkyl halides is 18. The summed E-state index contributed by atoms with van der Waals surface area (Å²) in [6.07, 6.45) is -69.9. The van der Waals surface area contributed by atoms with Crippen LogP contribution in [0.25, 0.3) is 0 Å². The summed E-state index contributed by atoms with van der Waals surface area (Å²) >= 11 is 0. The van der Waals surface area contributed by atoms with Crippen molar-refractivity contribution in [1.29, 1.82) is 0 Å². The molecule has 2 heterocycles. The fraction of sp³-hybridized carbons (Fsp3) is 0.613. The van der Waals surface area contributed by atoms with Gasteiger partial charge in [-0.1, -0.05) is 30.3 Å². The largest absolute Gasteiger partial charge is 0.490 e. The van der Waals surface area contributed by atoms with Crippen LogP contribution in [0.4, 0.5) is 79.0 Å². The molecule has 3 rings (SSSR count). The first-order valence-electron chi connectivity index (χ1n) is 16.7. The van der Waals surface area contributed by atoms with Gasteiger partial charge in [0.15, 0.2) is 49.2 Å². The van der Waals surface area contributed by atoms with Crippen LogP contribution in [0.1, 0.15) is 12.5 Å². The van der Waals surface area contributed by atoms with Gasteiger partial charge in [-0.15, -0.1) is 0 Å². The molecule has 65 heavy (non-hydrogen) atoms. The Morgan fingerprint density at radius 1 is 0.431 bits per heavy atom. The van der Waals surface area contributed by atoms with Gasteiger partial charge in [0.25, 0.3) is 0 Å². The van der Waals surface area contributed by atoms with Gasteiger partial charge in [0, 0.05) is 0 Å². The van der Waals surface area contributed by atoms with E-state index in [-0.39, 0.29) is 5.56 Å². The van der Waals surface area contributed by atoms with E-state index >= 15 is 0 Å². The molecule has 16 nitrogen and oxygen atoms in total. The molecular weight excluding hydrogens is 970 g/mol. The summed E-state index contributed by atoms with van der Waals surface area (Å²) in [6, 6.07) is 6.15. The molecule has 0 aromatic heterocycles. The van der Waals surface area contributed by atoms with Gasteiger partial charge < -0.3 is 47.4 Å². The lowest BCUT2D eigenvalue weighted by Gasteiger charge is -2.46. The van der Waals surface area contributed by atoms with Crippen LogP contribution in [-0.4, -0.2) is 141 Å². The molecule has 0 spiro atoms. The van der Waals surface area contributed by atoms with Crippen molar-refractivity contribution in [3.63, 3.8) is 0 Å². The van der Waals surface area contributed by atoms with E-state index in [1.165, 1.54) is 18.2 Å². The summed E-state index contributed by atoms with van der Waals surface area (Å²) in [5.41, 5.74) is -0.0570. The lowest BCUT2D eigenvalue weighted by Crippen LogP contribution is -2.65. The molecule has 2 fully saturated rings. The number of benzene rings is 1. The van der Waals surface area contributed by atoms with Crippen LogP contribution < -0.4 is 0 Å². The molecule has 0 saturated carbocycles. The Labute approximate surface area is 346 Å².